The predicted molar refractivity (Wildman–Crippen MR) is 37.2 cm³/mol. The van der Waals surface area contributed by atoms with Crippen molar-refractivity contribution in [3.05, 3.63) is 0 Å². The van der Waals surface area contributed by atoms with Gasteiger partial charge in [0.25, 0.3) is 0 Å². The number of nitrogens with two attached hydrogens (primary N) is 1. The monoisotopic (exact) mass is 140 g/mol. The molecular formula is C7H12N2O. The largest absolute Gasteiger partial charge is 0.360 e. The molecule has 3 nitrogen and oxygen atoms in total. The first-order valence-electron chi connectivity index (χ1n) is 3.53. The molecule has 0 saturated heterocycles. The lowest BCUT2D eigenvalue weighted by Crippen LogP contribution is -2.42. The second kappa shape index (κ2) is 3.00. The Hall–Kier alpha value is -0.590. The zero-order chi connectivity index (χ0) is 7.56. The van der Waals surface area contributed by atoms with Crippen LogP contribution in [-0.2, 0) is 4.74 Å². The van der Waals surface area contributed by atoms with Gasteiger partial charge in [-0.15, -0.1) is 0 Å². The summed E-state index contributed by atoms with van der Waals surface area (Å²) in [5.41, 5.74) is 5.52. The van der Waals surface area contributed by atoms with Crippen LogP contribution >= 0.6 is 0 Å². The van der Waals surface area contributed by atoms with Crippen LogP contribution in [0.2, 0.25) is 0 Å². The quantitative estimate of drug-likeness (QED) is 0.604. The lowest BCUT2D eigenvalue weighted by molar-refractivity contribution is -0.0290. The molecule has 0 amide bonds. The van der Waals surface area contributed by atoms with Gasteiger partial charge >= 0.3 is 0 Å². The smallest absolute Gasteiger partial charge is 0.141 e. The Bertz CT molecular complexity index is 146. The second-order valence-electron chi connectivity index (χ2n) is 2.76. The second-order valence-corrected chi connectivity index (χ2v) is 2.76. The fraction of sp³-hybridized carbons (Fsp3) is 0.857. The third-order valence-electron chi connectivity index (χ3n) is 1.71. The standard InChI is InChI=1S/C7H12N2O/c1-5(4-8)10-7-2-6(9)3-7/h5-7H,2-3,9H2,1H3. The highest BCUT2D eigenvalue weighted by Gasteiger charge is 2.27. The van der Waals surface area contributed by atoms with E-state index < -0.39 is 0 Å². The molecule has 1 unspecified atom stereocenters. The van der Waals surface area contributed by atoms with Gasteiger partial charge in [-0.1, -0.05) is 0 Å². The zero-order valence-electron chi connectivity index (χ0n) is 6.08. The highest BCUT2D eigenvalue weighted by Crippen LogP contribution is 2.22. The van der Waals surface area contributed by atoms with Crippen LogP contribution in [0.4, 0.5) is 0 Å². The molecule has 0 aromatic carbocycles. The Kier molecular flexibility index (Phi) is 2.25. The van der Waals surface area contributed by atoms with Gasteiger partial charge < -0.3 is 10.5 Å². The number of nitriles is 1. The highest BCUT2D eigenvalue weighted by atomic mass is 16.5. The van der Waals surface area contributed by atoms with E-state index in [0.717, 1.165) is 12.8 Å². The van der Waals surface area contributed by atoms with Crippen molar-refractivity contribution < 1.29 is 4.74 Å². The summed E-state index contributed by atoms with van der Waals surface area (Å²) >= 11 is 0. The predicted octanol–water partition coefficient (Wildman–Crippen LogP) is 0.405. The van der Waals surface area contributed by atoms with Crippen molar-refractivity contribution >= 4 is 0 Å². The normalized spacial score (nSPS) is 34.1. The first-order valence-corrected chi connectivity index (χ1v) is 3.53. The van der Waals surface area contributed by atoms with Crippen molar-refractivity contribution in [1.82, 2.24) is 0 Å². The van der Waals surface area contributed by atoms with Crippen molar-refractivity contribution in [2.75, 3.05) is 0 Å². The molecule has 0 spiro atoms. The van der Waals surface area contributed by atoms with E-state index in [1.807, 2.05) is 6.07 Å². The molecule has 0 aromatic heterocycles. The molecule has 1 saturated carbocycles. The average molecular weight is 140 g/mol. The molecule has 0 bridgehead atoms. The number of hydrogen-bond donors (Lipinski definition) is 1. The summed E-state index contributed by atoms with van der Waals surface area (Å²) in [6, 6.07) is 2.32. The molecule has 0 aliphatic heterocycles. The van der Waals surface area contributed by atoms with E-state index in [1.165, 1.54) is 0 Å². The van der Waals surface area contributed by atoms with Gasteiger partial charge in [0.15, 0.2) is 0 Å². The molecule has 10 heavy (non-hydrogen) atoms. The van der Waals surface area contributed by atoms with Gasteiger partial charge in [-0.3, -0.25) is 0 Å². The minimum Gasteiger partial charge on any atom is -0.360 e. The van der Waals surface area contributed by atoms with E-state index in [4.69, 9.17) is 15.7 Å². The van der Waals surface area contributed by atoms with E-state index in [9.17, 15) is 0 Å². The van der Waals surface area contributed by atoms with E-state index in [-0.39, 0.29) is 12.2 Å². The summed E-state index contributed by atoms with van der Waals surface area (Å²) in [6.45, 7) is 1.75. The average Bonchev–Trinajstić information content (AvgIpc) is 1.84. The fourth-order valence-corrected chi connectivity index (χ4v) is 1.04. The van der Waals surface area contributed by atoms with Gasteiger partial charge in [0, 0.05) is 6.04 Å². The summed E-state index contributed by atoms with van der Waals surface area (Å²) in [5.74, 6) is 0. The molecule has 2 N–H and O–H groups in total. The molecule has 0 aromatic rings. The van der Waals surface area contributed by atoms with E-state index in [1.54, 1.807) is 6.92 Å². The minimum atomic E-state index is -0.280. The fourth-order valence-electron chi connectivity index (χ4n) is 1.04. The Morgan fingerprint density at radius 3 is 2.70 bits per heavy atom. The van der Waals surface area contributed by atoms with Crippen LogP contribution < -0.4 is 5.73 Å². The third kappa shape index (κ3) is 1.69. The summed E-state index contributed by atoms with van der Waals surface area (Å²) in [6.07, 6.45) is 1.78. The van der Waals surface area contributed by atoms with Gasteiger partial charge in [0.05, 0.1) is 12.2 Å². The van der Waals surface area contributed by atoms with Gasteiger partial charge in [-0.2, -0.15) is 5.26 Å². The van der Waals surface area contributed by atoms with E-state index in [2.05, 4.69) is 0 Å². The number of hydrogen-bond acceptors (Lipinski definition) is 3. The van der Waals surface area contributed by atoms with Crippen molar-refractivity contribution in [3.63, 3.8) is 0 Å². The van der Waals surface area contributed by atoms with Crippen molar-refractivity contribution in [2.45, 2.75) is 38.0 Å². The molecule has 1 aliphatic carbocycles. The molecule has 1 rings (SSSR count). The van der Waals surface area contributed by atoms with E-state index >= 15 is 0 Å². The summed E-state index contributed by atoms with van der Waals surface area (Å²) in [4.78, 5) is 0. The van der Waals surface area contributed by atoms with Crippen LogP contribution in [0.1, 0.15) is 19.8 Å². The Labute approximate surface area is 60.8 Å². The lowest BCUT2D eigenvalue weighted by Gasteiger charge is -2.32. The lowest BCUT2D eigenvalue weighted by atomic mass is 9.90. The summed E-state index contributed by atoms with van der Waals surface area (Å²) in [5, 5.41) is 8.36. The molecule has 1 fully saturated rings. The van der Waals surface area contributed by atoms with Crippen LogP contribution in [0.3, 0.4) is 0 Å². The molecular weight excluding hydrogens is 128 g/mol. The first kappa shape index (κ1) is 7.52. The maximum atomic E-state index is 8.36. The topological polar surface area (TPSA) is 59.0 Å². The molecule has 56 valence electrons. The SMILES string of the molecule is CC(C#N)OC1CC(N)C1. The molecule has 0 heterocycles. The zero-order valence-corrected chi connectivity index (χ0v) is 6.08. The molecule has 3 heteroatoms. The summed E-state index contributed by atoms with van der Waals surface area (Å²) in [7, 11) is 0. The van der Waals surface area contributed by atoms with Gasteiger partial charge in [-0.05, 0) is 19.8 Å². The van der Waals surface area contributed by atoms with Crippen molar-refractivity contribution in [1.29, 1.82) is 5.26 Å². The molecule has 1 aliphatic rings. The molecule has 1 atom stereocenters. The van der Waals surface area contributed by atoms with Gasteiger partial charge in [0.1, 0.15) is 6.10 Å². The number of ether oxygens (including phenoxy) is 1. The van der Waals surface area contributed by atoms with Gasteiger partial charge in [-0.25, -0.2) is 0 Å². The number of nitrogens with zero attached hydrogens (tertiary/aromatic N) is 1. The Balaban J connectivity index is 2.11. The van der Waals surface area contributed by atoms with Crippen LogP contribution in [0.5, 0.6) is 0 Å². The Morgan fingerprint density at radius 1 is 1.70 bits per heavy atom. The highest BCUT2D eigenvalue weighted by molar-refractivity contribution is 4.87. The third-order valence-corrected chi connectivity index (χ3v) is 1.71. The maximum absolute atomic E-state index is 8.36. The maximum Gasteiger partial charge on any atom is 0.141 e. The first-order chi connectivity index (χ1) is 4.72. The minimum absolute atomic E-state index is 0.240. The van der Waals surface area contributed by atoms with Crippen LogP contribution in [0.25, 0.3) is 0 Å². The number of rotatable bonds is 2. The van der Waals surface area contributed by atoms with Crippen LogP contribution in [0, 0.1) is 11.3 Å². The van der Waals surface area contributed by atoms with Gasteiger partial charge in [0.2, 0.25) is 0 Å². The van der Waals surface area contributed by atoms with Crippen molar-refractivity contribution in [2.24, 2.45) is 5.73 Å². The van der Waals surface area contributed by atoms with Crippen LogP contribution in [-0.4, -0.2) is 18.2 Å². The van der Waals surface area contributed by atoms with Crippen molar-refractivity contribution in [3.8, 4) is 6.07 Å². The van der Waals surface area contributed by atoms with Crippen LogP contribution in [0.15, 0.2) is 0 Å². The van der Waals surface area contributed by atoms with E-state index in [0.29, 0.717) is 6.04 Å². The Morgan fingerprint density at radius 2 is 2.30 bits per heavy atom. The summed E-state index contributed by atoms with van der Waals surface area (Å²) < 4.78 is 5.26. The molecule has 0 radical (unpaired) electrons.